The molecule has 146 valence electrons. The molecule has 2 aromatic carbocycles. The van der Waals surface area contributed by atoms with Crippen molar-refractivity contribution in [2.24, 2.45) is 0 Å². The number of hydrogen-bond acceptors (Lipinski definition) is 4. The zero-order valence-corrected chi connectivity index (χ0v) is 17.4. The summed E-state index contributed by atoms with van der Waals surface area (Å²) in [6.45, 7) is 2.39. The van der Waals surface area contributed by atoms with Crippen LogP contribution in [-0.2, 0) is 6.42 Å². The summed E-state index contributed by atoms with van der Waals surface area (Å²) in [4.78, 5) is 17.8. The third-order valence-corrected chi connectivity index (χ3v) is 5.91. The minimum atomic E-state index is -0.101. The van der Waals surface area contributed by atoms with Crippen LogP contribution in [0.4, 0.5) is 0 Å². The van der Waals surface area contributed by atoms with Crippen molar-refractivity contribution in [3.05, 3.63) is 88.1 Å². The average molecular weight is 423 g/mol. The number of carbonyl (C=O) groups is 1. The molecule has 0 aliphatic rings. The molecule has 4 aromatic rings. The SMILES string of the molecule is Cc1nc(-c2ccc(Cl)cc2)sc1C(=O)NCCc1cnn(-c2ccccc2)c1. The molecule has 1 N–H and O–H groups in total. The third-order valence-electron chi connectivity index (χ3n) is 4.45. The molecule has 1 amide bonds. The summed E-state index contributed by atoms with van der Waals surface area (Å²) in [6, 6.07) is 17.4. The van der Waals surface area contributed by atoms with Gasteiger partial charge in [0.25, 0.3) is 5.91 Å². The molecule has 0 saturated carbocycles. The Balaban J connectivity index is 1.37. The van der Waals surface area contributed by atoms with Crippen LogP contribution in [-0.4, -0.2) is 27.2 Å². The Bertz CT molecular complexity index is 1120. The van der Waals surface area contributed by atoms with E-state index in [1.54, 1.807) is 0 Å². The van der Waals surface area contributed by atoms with Crippen molar-refractivity contribution < 1.29 is 4.79 Å². The number of amides is 1. The van der Waals surface area contributed by atoms with Gasteiger partial charge >= 0.3 is 0 Å². The van der Waals surface area contributed by atoms with E-state index in [9.17, 15) is 4.79 Å². The van der Waals surface area contributed by atoms with E-state index in [1.165, 1.54) is 11.3 Å². The topological polar surface area (TPSA) is 59.8 Å². The van der Waals surface area contributed by atoms with Crippen molar-refractivity contribution >= 4 is 28.8 Å². The molecule has 0 saturated heterocycles. The molecule has 0 atom stereocenters. The molecule has 0 unspecified atom stereocenters. The minimum absolute atomic E-state index is 0.101. The molecular weight excluding hydrogens is 404 g/mol. The molecule has 29 heavy (non-hydrogen) atoms. The van der Waals surface area contributed by atoms with Crippen molar-refractivity contribution in [2.75, 3.05) is 6.54 Å². The first-order valence-electron chi connectivity index (χ1n) is 9.21. The Morgan fingerprint density at radius 2 is 1.90 bits per heavy atom. The first-order chi connectivity index (χ1) is 14.1. The predicted octanol–water partition coefficient (Wildman–Crippen LogP) is 4.93. The zero-order chi connectivity index (χ0) is 20.2. The van der Waals surface area contributed by atoms with Crippen LogP contribution >= 0.6 is 22.9 Å². The highest BCUT2D eigenvalue weighted by molar-refractivity contribution is 7.17. The molecule has 0 bridgehead atoms. The molecule has 0 spiro atoms. The number of rotatable bonds is 6. The monoisotopic (exact) mass is 422 g/mol. The molecule has 7 heteroatoms. The van der Waals surface area contributed by atoms with Crippen LogP contribution in [0.3, 0.4) is 0 Å². The largest absolute Gasteiger partial charge is 0.351 e. The summed E-state index contributed by atoms with van der Waals surface area (Å²) in [6.07, 6.45) is 4.52. The van der Waals surface area contributed by atoms with E-state index >= 15 is 0 Å². The van der Waals surface area contributed by atoms with Crippen molar-refractivity contribution in [1.29, 1.82) is 0 Å². The smallest absolute Gasteiger partial charge is 0.263 e. The predicted molar refractivity (Wildman–Crippen MR) is 117 cm³/mol. The number of para-hydroxylation sites is 1. The van der Waals surface area contributed by atoms with Crippen LogP contribution in [0.25, 0.3) is 16.3 Å². The lowest BCUT2D eigenvalue weighted by molar-refractivity contribution is 0.0957. The second kappa shape index (κ2) is 8.59. The second-order valence-corrected chi connectivity index (χ2v) is 8.01. The van der Waals surface area contributed by atoms with Crippen molar-refractivity contribution in [3.8, 4) is 16.3 Å². The second-order valence-electron chi connectivity index (χ2n) is 6.58. The number of benzene rings is 2. The highest BCUT2D eigenvalue weighted by Gasteiger charge is 2.16. The lowest BCUT2D eigenvalue weighted by Crippen LogP contribution is -2.25. The fourth-order valence-corrected chi connectivity index (χ4v) is 4.05. The Hall–Kier alpha value is -2.96. The molecule has 2 aromatic heterocycles. The van der Waals surface area contributed by atoms with Crippen LogP contribution in [0.15, 0.2) is 67.0 Å². The van der Waals surface area contributed by atoms with Gasteiger partial charge in [0.05, 0.1) is 17.6 Å². The van der Waals surface area contributed by atoms with Gasteiger partial charge in [0, 0.05) is 23.3 Å². The van der Waals surface area contributed by atoms with E-state index in [4.69, 9.17) is 11.6 Å². The van der Waals surface area contributed by atoms with Crippen LogP contribution in [0.1, 0.15) is 20.9 Å². The number of nitrogens with zero attached hydrogens (tertiary/aromatic N) is 3. The Morgan fingerprint density at radius 3 is 2.66 bits per heavy atom. The van der Waals surface area contributed by atoms with Crippen molar-refractivity contribution in [2.45, 2.75) is 13.3 Å². The number of thiazole rings is 1. The maximum absolute atomic E-state index is 12.6. The van der Waals surface area contributed by atoms with E-state index in [0.717, 1.165) is 27.5 Å². The van der Waals surface area contributed by atoms with Gasteiger partial charge in [-0.05, 0) is 43.2 Å². The van der Waals surface area contributed by atoms with Gasteiger partial charge < -0.3 is 5.32 Å². The molecule has 2 heterocycles. The van der Waals surface area contributed by atoms with E-state index in [-0.39, 0.29) is 5.91 Å². The maximum Gasteiger partial charge on any atom is 0.263 e. The molecule has 0 aliphatic heterocycles. The highest BCUT2D eigenvalue weighted by Crippen LogP contribution is 2.28. The fraction of sp³-hybridized carbons (Fsp3) is 0.136. The van der Waals surface area contributed by atoms with Crippen LogP contribution < -0.4 is 5.32 Å². The summed E-state index contributed by atoms with van der Waals surface area (Å²) in [5.41, 5.74) is 3.76. The van der Waals surface area contributed by atoms with E-state index in [2.05, 4.69) is 15.4 Å². The van der Waals surface area contributed by atoms with Gasteiger partial charge in [-0.1, -0.05) is 41.9 Å². The quantitative estimate of drug-likeness (QED) is 0.479. The molecular formula is C22H19ClN4OS. The average Bonchev–Trinajstić information content (AvgIpc) is 3.36. The lowest BCUT2D eigenvalue weighted by Gasteiger charge is -2.03. The first kappa shape index (κ1) is 19.4. The zero-order valence-electron chi connectivity index (χ0n) is 15.8. The Kier molecular flexibility index (Phi) is 5.74. The van der Waals surface area contributed by atoms with E-state index in [0.29, 0.717) is 22.9 Å². The van der Waals surface area contributed by atoms with Crippen LogP contribution in [0.2, 0.25) is 5.02 Å². The number of aryl methyl sites for hydroxylation is 1. The third kappa shape index (κ3) is 4.55. The van der Waals surface area contributed by atoms with Gasteiger partial charge in [-0.3, -0.25) is 4.79 Å². The Labute approximate surface area is 178 Å². The van der Waals surface area contributed by atoms with Gasteiger partial charge in [0.2, 0.25) is 0 Å². The summed E-state index contributed by atoms with van der Waals surface area (Å²) in [5.74, 6) is -0.101. The summed E-state index contributed by atoms with van der Waals surface area (Å²) in [7, 11) is 0. The van der Waals surface area contributed by atoms with E-state index in [1.807, 2.05) is 78.6 Å². The normalized spacial score (nSPS) is 10.8. The van der Waals surface area contributed by atoms with Gasteiger partial charge in [-0.2, -0.15) is 5.10 Å². The fourth-order valence-electron chi connectivity index (χ4n) is 2.93. The molecule has 0 aliphatic carbocycles. The van der Waals surface area contributed by atoms with Gasteiger partial charge in [-0.25, -0.2) is 9.67 Å². The summed E-state index contributed by atoms with van der Waals surface area (Å²) < 4.78 is 1.84. The highest BCUT2D eigenvalue weighted by atomic mass is 35.5. The Morgan fingerprint density at radius 1 is 1.14 bits per heavy atom. The molecule has 0 fully saturated rings. The number of hydrogen-bond donors (Lipinski definition) is 1. The number of carbonyl (C=O) groups excluding carboxylic acids is 1. The first-order valence-corrected chi connectivity index (χ1v) is 10.4. The lowest BCUT2D eigenvalue weighted by atomic mass is 10.2. The number of aromatic nitrogens is 3. The van der Waals surface area contributed by atoms with Gasteiger partial charge in [0.15, 0.2) is 0 Å². The summed E-state index contributed by atoms with van der Waals surface area (Å²) >= 11 is 7.33. The number of halogens is 1. The summed E-state index contributed by atoms with van der Waals surface area (Å²) in [5, 5.41) is 8.86. The van der Waals surface area contributed by atoms with E-state index < -0.39 is 0 Å². The number of nitrogens with one attached hydrogen (secondary N) is 1. The van der Waals surface area contributed by atoms with Crippen LogP contribution in [0.5, 0.6) is 0 Å². The van der Waals surface area contributed by atoms with Crippen molar-refractivity contribution in [1.82, 2.24) is 20.1 Å². The molecule has 4 rings (SSSR count). The van der Waals surface area contributed by atoms with Crippen LogP contribution in [0, 0.1) is 6.92 Å². The van der Waals surface area contributed by atoms with Gasteiger partial charge in [0.1, 0.15) is 9.88 Å². The maximum atomic E-state index is 12.6. The minimum Gasteiger partial charge on any atom is -0.351 e. The van der Waals surface area contributed by atoms with Crippen molar-refractivity contribution in [3.63, 3.8) is 0 Å². The molecule has 0 radical (unpaired) electrons. The molecule has 5 nitrogen and oxygen atoms in total. The van der Waals surface area contributed by atoms with Gasteiger partial charge in [-0.15, -0.1) is 11.3 Å². The standard InChI is InChI=1S/C22H19ClN4OS/c1-15-20(29-22(26-15)17-7-9-18(23)10-8-17)21(28)24-12-11-16-13-25-27(14-16)19-5-3-2-4-6-19/h2-10,13-14H,11-12H2,1H3,(H,24,28).